The maximum atomic E-state index is 13.0. The van der Waals surface area contributed by atoms with Crippen LogP contribution in [0.25, 0.3) is 34.1 Å². The Bertz CT molecular complexity index is 1300. The molecule has 33 heavy (non-hydrogen) atoms. The number of aryl methyl sites for hydroxylation is 1. The number of anilines is 1. The lowest BCUT2D eigenvalue weighted by molar-refractivity contribution is -0.132. The molecule has 0 aliphatic carbocycles. The molecule has 0 saturated carbocycles. The van der Waals surface area contributed by atoms with E-state index in [1.165, 1.54) is 6.42 Å². The van der Waals surface area contributed by atoms with Crippen molar-refractivity contribution in [2.24, 2.45) is 0 Å². The van der Waals surface area contributed by atoms with Gasteiger partial charge in [-0.05, 0) is 57.4 Å². The van der Waals surface area contributed by atoms with Gasteiger partial charge in [0.15, 0.2) is 0 Å². The summed E-state index contributed by atoms with van der Waals surface area (Å²) < 4.78 is 5.91. The van der Waals surface area contributed by atoms with Crippen LogP contribution in [0.1, 0.15) is 31.7 Å². The molecule has 1 amide bonds. The summed E-state index contributed by atoms with van der Waals surface area (Å²) in [6.45, 7) is 5.50. The number of rotatable bonds is 5. The van der Waals surface area contributed by atoms with Crippen LogP contribution in [0.2, 0.25) is 0 Å². The first-order valence-electron chi connectivity index (χ1n) is 11.3. The molecule has 4 aromatic rings. The second-order valence-electron chi connectivity index (χ2n) is 8.45. The van der Waals surface area contributed by atoms with E-state index in [9.17, 15) is 4.79 Å². The molecule has 0 bridgehead atoms. The fourth-order valence-corrected chi connectivity index (χ4v) is 4.15. The van der Waals surface area contributed by atoms with Gasteiger partial charge in [0, 0.05) is 24.0 Å². The molecule has 0 spiro atoms. The van der Waals surface area contributed by atoms with Gasteiger partial charge in [0.25, 0.3) is 5.89 Å². The Labute approximate surface area is 192 Å². The molecule has 1 saturated heterocycles. The van der Waals surface area contributed by atoms with Crippen molar-refractivity contribution >= 4 is 22.6 Å². The summed E-state index contributed by atoms with van der Waals surface area (Å²) in [6.07, 6.45) is 3.29. The number of nitrogens with one attached hydrogen (secondary N) is 1. The van der Waals surface area contributed by atoms with Crippen LogP contribution >= 0.6 is 0 Å². The van der Waals surface area contributed by atoms with E-state index in [4.69, 9.17) is 4.42 Å². The average molecular weight is 443 g/mol. The van der Waals surface area contributed by atoms with E-state index < -0.39 is 6.04 Å². The Morgan fingerprint density at radius 3 is 2.61 bits per heavy atom. The number of benzene rings is 2. The monoisotopic (exact) mass is 442 g/mol. The second-order valence-corrected chi connectivity index (χ2v) is 8.45. The minimum atomic E-state index is -0.417. The van der Waals surface area contributed by atoms with Gasteiger partial charge >= 0.3 is 0 Å². The normalized spacial score (nSPS) is 14.9. The van der Waals surface area contributed by atoms with Gasteiger partial charge in [-0.2, -0.15) is 0 Å². The Hall–Kier alpha value is -3.81. The molecule has 2 aromatic heterocycles. The second kappa shape index (κ2) is 8.97. The number of hydrogen-bond donors (Lipinski definition) is 1. The third-order valence-electron chi connectivity index (χ3n) is 5.88. The molecule has 1 fully saturated rings. The molecule has 0 radical (unpaired) electrons. The zero-order valence-corrected chi connectivity index (χ0v) is 18.8. The summed E-state index contributed by atoms with van der Waals surface area (Å²) in [5, 5.41) is 12.5. The van der Waals surface area contributed by atoms with Gasteiger partial charge in [0.1, 0.15) is 11.9 Å². The number of carbonyl (C=O) groups excluding carboxylic acids is 1. The summed E-state index contributed by atoms with van der Waals surface area (Å²) in [5.74, 6) is 1.62. The highest BCUT2D eigenvalue weighted by Crippen LogP contribution is 2.27. The summed E-state index contributed by atoms with van der Waals surface area (Å²) in [6, 6.07) is 15.1. The van der Waals surface area contributed by atoms with Crippen molar-refractivity contribution < 1.29 is 9.21 Å². The molecule has 1 N–H and O–H groups in total. The van der Waals surface area contributed by atoms with Gasteiger partial charge < -0.3 is 14.6 Å². The smallest absolute Gasteiger partial charge is 0.286 e. The first kappa shape index (κ1) is 21.1. The predicted octanol–water partition coefficient (Wildman–Crippen LogP) is 4.47. The number of aromatic nitrogens is 4. The lowest BCUT2D eigenvalue weighted by Gasteiger charge is -2.29. The highest BCUT2D eigenvalue weighted by atomic mass is 16.4. The van der Waals surface area contributed by atoms with Crippen LogP contribution in [-0.4, -0.2) is 50.1 Å². The van der Waals surface area contributed by atoms with E-state index in [0.29, 0.717) is 17.5 Å². The Morgan fingerprint density at radius 2 is 1.79 bits per heavy atom. The number of hydrogen-bond acceptors (Lipinski definition) is 7. The van der Waals surface area contributed by atoms with Gasteiger partial charge in [-0.1, -0.05) is 29.8 Å². The number of fused-ring (bicyclic) bond motifs is 1. The van der Waals surface area contributed by atoms with Crippen LogP contribution in [0.3, 0.4) is 0 Å². The van der Waals surface area contributed by atoms with Crippen LogP contribution in [-0.2, 0) is 4.79 Å². The molecule has 168 valence electrons. The molecule has 8 nitrogen and oxygen atoms in total. The number of carbonyl (C=O) groups is 1. The largest absolute Gasteiger partial charge is 0.413 e. The third kappa shape index (κ3) is 4.41. The van der Waals surface area contributed by atoms with E-state index in [2.05, 4.69) is 25.5 Å². The molecule has 2 aromatic carbocycles. The predicted molar refractivity (Wildman–Crippen MR) is 127 cm³/mol. The SMILES string of the molecule is Cc1cccc(-c2nnc(-c3nc(N[C@@H](C)C(=O)N4CCCCC4)c4ccccc4n3)o2)c1. The van der Waals surface area contributed by atoms with Crippen molar-refractivity contribution in [3.8, 4) is 23.2 Å². The number of nitrogens with zero attached hydrogens (tertiary/aromatic N) is 5. The molecule has 1 aliphatic heterocycles. The molecular weight excluding hydrogens is 416 g/mol. The molecule has 8 heteroatoms. The first-order valence-corrected chi connectivity index (χ1v) is 11.3. The van der Waals surface area contributed by atoms with Gasteiger partial charge in [0.05, 0.1) is 5.52 Å². The number of para-hydroxylation sites is 1. The van der Waals surface area contributed by atoms with Gasteiger partial charge in [0.2, 0.25) is 17.6 Å². The average Bonchev–Trinajstić information content (AvgIpc) is 3.34. The summed E-state index contributed by atoms with van der Waals surface area (Å²) in [4.78, 5) is 24.2. The van der Waals surface area contributed by atoms with E-state index in [-0.39, 0.29) is 11.8 Å². The van der Waals surface area contributed by atoms with Crippen molar-refractivity contribution in [3.63, 3.8) is 0 Å². The number of likely N-dealkylation sites (tertiary alicyclic amines) is 1. The fraction of sp³-hybridized carbons (Fsp3) is 0.320. The van der Waals surface area contributed by atoms with E-state index >= 15 is 0 Å². The summed E-state index contributed by atoms with van der Waals surface area (Å²) >= 11 is 0. The standard InChI is InChI=1S/C25H26N6O2/c1-16-9-8-10-18(15-16)23-29-30-24(33-23)22-27-20-12-5-4-11-19(20)21(28-22)26-17(2)25(32)31-13-6-3-7-14-31/h4-5,8-12,15,17H,3,6-7,13-14H2,1-2H3,(H,26,27,28)/t17-/m0/s1. The maximum Gasteiger partial charge on any atom is 0.286 e. The van der Waals surface area contributed by atoms with Crippen LogP contribution in [0, 0.1) is 6.92 Å². The minimum Gasteiger partial charge on any atom is -0.413 e. The molecular formula is C25H26N6O2. The van der Waals surface area contributed by atoms with Gasteiger partial charge in [-0.25, -0.2) is 9.97 Å². The maximum absolute atomic E-state index is 13.0. The van der Waals surface area contributed by atoms with Crippen molar-refractivity contribution in [3.05, 3.63) is 54.1 Å². The lowest BCUT2D eigenvalue weighted by Crippen LogP contribution is -2.44. The highest BCUT2D eigenvalue weighted by molar-refractivity contribution is 5.93. The van der Waals surface area contributed by atoms with E-state index in [1.54, 1.807) is 0 Å². The van der Waals surface area contributed by atoms with Gasteiger partial charge in [-0.15, -0.1) is 10.2 Å². The molecule has 0 unspecified atom stereocenters. The van der Waals surface area contributed by atoms with Crippen molar-refractivity contribution in [1.29, 1.82) is 0 Å². The zero-order chi connectivity index (χ0) is 22.8. The van der Waals surface area contributed by atoms with Crippen LogP contribution in [0.4, 0.5) is 5.82 Å². The van der Waals surface area contributed by atoms with Crippen LogP contribution in [0.15, 0.2) is 52.9 Å². The molecule has 1 atom stereocenters. The Balaban J connectivity index is 1.47. The van der Waals surface area contributed by atoms with E-state index in [1.807, 2.05) is 67.3 Å². The molecule has 5 rings (SSSR count). The topological polar surface area (TPSA) is 97.0 Å². The van der Waals surface area contributed by atoms with Crippen molar-refractivity contribution in [1.82, 2.24) is 25.1 Å². The minimum absolute atomic E-state index is 0.0819. The molecule has 3 heterocycles. The highest BCUT2D eigenvalue weighted by Gasteiger charge is 2.24. The first-order chi connectivity index (χ1) is 16.1. The summed E-state index contributed by atoms with van der Waals surface area (Å²) in [7, 11) is 0. The number of piperidine rings is 1. The summed E-state index contributed by atoms with van der Waals surface area (Å²) in [5.41, 5.74) is 2.68. The fourth-order valence-electron chi connectivity index (χ4n) is 4.15. The van der Waals surface area contributed by atoms with Crippen LogP contribution in [0.5, 0.6) is 0 Å². The van der Waals surface area contributed by atoms with Gasteiger partial charge in [-0.3, -0.25) is 4.79 Å². The number of amides is 1. The Morgan fingerprint density at radius 1 is 1.00 bits per heavy atom. The lowest BCUT2D eigenvalue weighted by atomic mass is 10.1. The molecule has 1 aliphatic rings. The van der Waals surface area contributed by atoms with Crippen molar-refractivity contribution in [2.75, 3.05) is 18.4 Å². The third-order valence-corrected chi connectivity index (χ3v) is 5.88. The Kier molecular flexibility index (Phi) is 5.73. The van der Waals surface area contributed by atoms with E-state index in [0.717, 1.165) is 48.0 Å². The van der Waals surface area contributed by atoms with Crippen LogP contribution < -0.4 is 5.32 Å². The van der Waals surface area contributed by atoms with Crippen molar-refractivity contribution in [2.45, 2.75) is 39.2 Å². The quantitative estimate of drug-likeness (QED) is 0.487. The zero-order valence-electron chi connectivity index (χ0n) is 18.8.